The van der Waals surface area contributed by atoms with Gasteiger partial charge in [-0.05, 0) is 6.08 Å². The van der Waals surface area contributed by atoms with E-state index in [1.165, 1.54) is 13.2 Å². The summed E-state index contributed by atoms with van der Waals surface area (Å²) in [6.45, 7) is 0. The van der Waals surface area contributed by atoms with Gasteiger partial charge in [-0.1, -0.05) is 5.16 Å². The lowest BCUT2D eigenvalue weighted by molar-refractivity contribution is -0.134. The van der Waals surface area contributed by atoms with E-state index in [1.807, 2.05) is 0 Å². The number of rotatable bonds is 2. The van der Waals surface area contributed by atoms with Crippen LogP contribution >= 0.6 is 0 Å². The summed E-state index contributed by atoms with van der Waals surface area (Å²) in [5.41, 5.74) is 0. The van der Waals surface area contributed by atoms with Gasteiger partial charge in [0.05, 0.1) is 13.3 Å². The molecule has 0 saturated heterocycles. The van der Waals surface area contributed by atoms with Crippen LogP contribution in [0, 0.1) is 0 Å². The SMILES string of the molecule is COC(=O)/C=C/C=N\O. The molecule has 0 aromatic rings. The summed E-state index contributed by atoms with van der Waals surface area (Å²) >= 11 is 0. The molecule has 0 aliphatic carbocycles. The van der Waals surface area contributed by atoms with Crippen molar-refractivity contribution >= 4 is 12.2 Å². The second-order valence-electron chi connectivity index (χ2n) is 1.15. The lowest BCUT2D eigenvalue weighted by atomic mass is 10.5. The lowest BCUT2D eigenvalue weighted by Crippen LogP contribution is -1.93. The molecule has 0 aliphatic heterocycles. The predicted octanol–water partition coefficient (Wildman–Crippen LogP) is 0.176. The molecule has 0 radical (unpaired) electrons. The maximum atomic E-state index is 10.2. The van der Waals surface area contributed by atoms with E-state index in [4.69, 9.17) is 5.21 Å². The van der Waals surface area contributed by atoms with Gasteiger partial charge in [0.1, 0.15) is 0 Å². The van der Waals surface area contributed by atoms with E-state index in [0.717, 1.165) is 12.3 Å². The maximum Gasteiger partial charge on any atom is 0.330 e. The second-order valence-corrected chi connectivity index (χ2v) is 1.15. The van der Waals surface area contributed by atoms with Gasteiger partial charge in [-0.25, -0.2) is 4.79 Å². The Hall–Kier alpha value is -1.32. The average molecular weight is 129 g/mol. The van der Waals surface area contributed by atoms with Crippen molar-refractivity contribution in [1.82, 2.24) is 0 Å². The van der Waals surface area contributed by atoms with Crippen molar-refractivity contribution in [3.63, 3.8) is 0 Å². The van der Waals surface area contributed by atoms with Crippen molar-refractivity contribution in [2.45, 2.75) is 0 Å². The van der Waals surface area contributed by atoms with E-state index in [-0.39, 0.29) is 0 Å². The topological polar surface area (TPSA) is 58.9 Å². The Balaban J connectivity index is 3.57. The fraction of sp³-hybridized carbons (Fsp3) is 0.200. The first-order valence-corrected chi connectivity index (χ1v) is 2.23. The number of methoxy groups -OCH3 is 1. The summed E-state index contributed by atoms with van der Waals surface area (Å²) in [4.78, 5) is 10.2. The van der Waals surface area contributed by atoms with Crippen LogP contribution in [0.1, 0.15) is 0 Å². The minimum Gasteiger partial charge on any atom is -0.466 e. The zero-order chi connectivity index (χ0) is 7.11. The van der Waals surface area contributed by atoms with Crippen LogP contribution in [-0.4, -0.2) is 24.5 Å². The summed E-state index contributed by atoms with van der Waals surface area (Å²) in [6.07, 6.45) is 3.47. The third kappa shape index (κ3) is 4.53. The molecule has 0 amide bonds. The monoisotopic (exact) mass is 129 g/mol. The highest BCUT2D eigenvalue weighted by Gasteiger charge is 1.85. The van der Waals surface area contributed by atoms with Crippen molar-refractivity contribution in [3.8, 4) is 0 Å². The van der Waals surface area contributed by atoms with E-state index in [9.17, 15) is 4.79 Å². The highest BCUT2D eigenvalue weighted by Crippen LogP contribution is 1.74. The highest BCUT2D eigenvalue weighted by molar-refractivity contribution is 5.87. The molecule has 0 saturated carbocycles. The Labute approximate surface area is 52.4 Å². The molecular weight excluding hydrogens is 122 g/mol. The molecule has 9 heavy (non-hydrogen) atoms. The first kappa shape index (κ1) is 7.68. The summed E-state index contributed by atoms with van der Waals surface area (Å²) < 4.78 is 4.23. The molecule has 0 bridgehead atoms. The molecule has 4 heteroatoms. The van der Waals surface area contributed by atoms with Gasteiger partial charge < -0.3 is 9.94 Å². The minimum atomic E-state index is -0.477. The number of ether oxygens (including phenoxy) is 1. The van der Waals surface area contributed by atoms with Gasteiger partial charge in [-0.2, -0.15) is 0 Å². The number of hydrogen-bond acceptors (Lipinski definition) is 4. The molecule has 50 valence electrons. The number of carbonyl (C=O) groups is 1. The molecule has 0 heterocycles. The van der Waals surface area contributed by atoms with Gasteiger partial charge in [-0.15, -0.1) is 0 Å². The number of nitrogens with zero attached hydrogens (tertiary/aromatic N) is 1. The smallest absolute Gasteiger partial charge is 0.330 e. The van der Waals surface area contributed by atoms with Crippen LogP contribution in [0.3, 0.4) is 0 Å². The molecule has 1 N–H and O–H groups in total. The van der Waals surface area contributed by atoms with E-state index in [2.05, 4.69) is 9.89 Å². The summed E-state index contributed by atoms with van der Waals surface area (Å²) in [7, 11) is 1.27. The second kappa shape index (κ2) is 4.83. The van der Waals surface area contributed by atoms with E-state index in [1.54, 1.807) is 0 Å². The van der Waals surface area contributed by atoms with Gasteiger partial charge in [0.15, 0.2) is 0 Å². The first-order chi connectivity index (χ1) is 4.31. The van der Waals surface area contributed by atoms with Crippen molar-refractivity contribution < 1.29 is 14.7 Å². The number of hydrogen-bond donors (Lipinski definition) is 1. The van der Waals surface area contributed by atoms with Gasteiger partial charge >= 0.3 is 5.97 Å². The fourth-order valence-corrected chi connectivity index (χ4v) is 0.228. The third-order valence-electron chi connectivity index (χ3n) is 0.586. The summed E-state index contributed by atoms with van der Waals surface area (Å²) in [5.74, 6) is -0.477. The Morgan fingerprint density at radius 3 is 2.89 bits per heavy atom. The molecule has 0 rings (SSSR count). The number of carbonyl (C=O) groups excluding carboxylic acids is 1. The quantitative estimate of drug-likeness (QED) is 0.190. The standard InChI is InChI=1S/C5H7NO3/c1-9-5(7)3-2-4-6-8/h2-4,8H,1H3/b3-2+,6-4-. The van der Waals surface area contributed by atoms with Crippen LogP contribution < -0.4 is 0 Å². The number of esters is 1. The Bertz CT molecular complexity index is 139. The van der Waals surface area contributed by atoms with Crippen molar-refractivity contribution in [2.75, 3.05) is 7.11 Å². The molecule has 0 atom stereocenters. The highest BCUT2D eigenvalue weighted by atomic mass is 16.5. The number of allylic oxidation sites excluding steroid dienone is 1. The molecule has 0 unspecified atom stereocenters. The van der Waals surface area contributed by atoms with Gasteiger partial charge in [0, 0.05) is 6.08 Å². The fourth-order valence-electron chi connectivity index (χ4n) is 0.228. The largest absolute Gasteiger partial charge is 0.466 e. The molecule has 0 aromatic carbocycles. The summed E-state index contributed by atoms with van der Waals surface area (Å²) in [5, 5.41) is 10.4. The summed E-state index contributed by atoms with van der Waals surface area (Å²) in [6, 6.07) is 0. The van der Waals surface area contributed by atoms with E-state index in [0.29, 0.717) is 0 Å². The Morgan fingerprint density at radius 1 is 1.78 bits per heavy atom. The molecule has 0 aromatic heterocycles. The zero-order valence-electron chi connectivity index (χ0n) is 4.94. The normalized spacial score (nSPS) is 10.8. The van der Waals surface area contributed by atoms with Crippen LogP contribution in [-0.2, 0) is 9.53 Å². The third-order valence-corrected chi connectivity index (χ3v) is 0.586. The van der Waals surface area contributed by atoms with E-state index >= 15 is 0 Å². The number of oxime groups is 1. The van der Waals surface area contributed by atoms with Crippen molar-refractivity contribution in [1.29, 1.82) is 0 Å². The molecule has 4 nitrogen and oxygen atoms in total. The predicted molar refractivity (Wildman–Crippen MR) is 31.4 cm³/mol. The van der Waals surface area contributed by atoms with Gasteiger partial charge in [-0.3, -0.25) is 0 Å². The van der Waals surface area contributed by atoms with Crippen molar-refractivity contribution in [3.05, 3.63) is 12.2 Å². The van der Waals surface area contributed by atoms with Crippen LogP contribution in [0.15, 0.2) is 17.3 Å². The van der Waals surface area contributed by atoms with Crippen LogP contribution in [0.5, 0.6) is 0 Å². The lowest BCUT2D eigenvalue weighted by Gasteiger charge is -1.85. The van der Waals surface area contributed by atoms with Crippen LogP contribution in [0.4, 0.5) is 0 Å². The molecule has 0 aliphatic rings. The minimum absolute atomic E-state index is 0.477. The molecule has 0 spiro atoms. The van der Waals surface area contributed by atoms with Crippen molar-refractivity contribution in [2.24, 2.45) is 5.16 Å². The van der Waals surface area contributed by atoms with E-state index < -0.39 is 5.97 Å². The Morgan fingerprint density at radius 2 is 2.44 bits per heavy atom. The molecule has 0 fully saturated rings. The van der Waals surface area contributed by atoms with Gasteiger partial charge in [0.25, 0.3) is 0 Å². The maximum absolute atomic E-state index is 10.2. The Kier molecular flexibility index (Phi) is 4.12. The first-order valence-electron chi connectivity index (χ1n) is 2.23. The molecular formula is C5H7NO3. The van der Waals surface area contributed by atoms with Gasteiger partial charge in [0.2, 0.25) is 0 Å². The van der Waals surface area contributed by atoms with Crippen LogP contribution in [0.2, 0.25) is 0 Å². The zero-order valence-corrected chi connectivity index (χ0v) is 4.94. The van der Waals surface area contributed by atoms with Crippen LogP contribution in [0.25, 0.3) is 0 Å². The average Bonchev–Trinajstić information content (AvgIpc) is 1.89.